The van der Waals surface area contributed by atoms with Crippen molar-refractivity contribution in [3.63, 3.8) is 0 Å². The minimum absolute atomic E-state index is 0.277. The number of hydrogen-bond acceptors (Lipinski definition) is 2. The van der Waals surface area contributed by atoms with Crippen LogP contribution >= 0.6 is 11.6 Å². The molecule has 1 aromatic rings. The Balaban J connectivity index is 2.98. The van der Waals surface area contributed by atoms with Crippen molar-refractivity contribution in [3.05, 3.63) is 30.1 Å². The Morgan fingerprint density at radius 1 is 1.26 bits per heavy atom. The third-order valence-corrected chi connectivity index (χ3v) is 4.94. The molecule has 0 saturated heterocycles. The second-order valence-corrected chi connectivity index (χ2v) is 6.35. The van der Waals surface area contributed by atoms with E-state index in [9.17, 15) is 12.8 Å². The molecule has 1 aromatic carbocycles. The first-order chi connectivity index (χ1) is 8.93. The van der Waals surface area contributed by atoms with Gasteiger partial charge < -0.3 is 0 Å². The summed E-state index contributed by atoms with van der Waals surface area (Å²) in [6.07, 6.45) is 0.582. The normalized spacial score (nSPS) is 11.8. The number of hydrogen-bond donors (Lipinski definition) is 0. The fraction of sp³-hybridized carbons (Fsp3) is 0.500. The van der Waals surface area contributed by atoms with Gasteiger partial charge in [-0.3, -0.25) is 4.31 Å². The maximum absolute atomic E-state index is 12.9. The van der Waals surface area contributed by atoms with Gasteiger partial charge in [-0.05, 0) is 37.6 Å². The van der Waals surface area contributed by atoms with E-state index in [1.54, 1.807) is 6.92 Å². The largest absolute Gasteiger partial charge is 0.303 e. The molecule has 0 unspecified atom stereocenters. The van der Waals surface area contributed by atoms with Gasteiger partial charge in [0.2, 0.25) is 0 Å². The first-order valence-electron chi connectivity index (χ1n) is 5.99. The average molecular weight is 309 g/mol. The number of benzene rings is 1. The van der Waals surface area contributed by atoms with Crippen molar-refractivity contribution < 1.29 is 12.8 Å². The average Bonchev–Trinajstić information content (AvgIpc) is 2.38. The van der Waals surface area contributed by atoms with E-state index >= 15 is 0 Å². The Hall–Kier alpha value is -0.850. The lowest BCUT2D eigenvalue weighted by Crippen LogP contribution is -2.42. The minimum atomic E-state index is -3.60. The highest BCUT2D eigenvalue weighted by atomic mass is 35.5. The van der Waals surface area contributed by atoms with Crippen LogP contribution in [0.1, 0.15) is 13.3 Å². The topological polar surface area (TPSA) is 40.6 Å². The first-order valence-corrected chi connectivity index (χ1v) is 7.92. The van der Waals surface area contributed by atoms with Crippen LogP contribution < -0.4 is 4.31 Å². The van der Waals surface area contributed by atoms with Crippen LogP contribution in [0.3, 0.4) is 0 Å². The van der Waals surface area contributed by atoms with Gasteiger partial charge in [-0.15, -0.1) is 11.6 Å². The molecule has 0 N–H and O–H groups in total. The number of anilines is 1. The molecule has 0 saturated carbocycles. The number of nitrogens with zero attached hydrogens (tertiary/aromatic N) is 2. The Labute approximate surface area is 119 Å². The van der Waals surface area contributed by atoms with Crippen LogP contribution in [-0.4, -0.2) is 38.7 Å². The van der Waals surface area contributed by atoms with Crippen LogP contribution in [0.4, 0.5) is 10.1 Å². The Bertz CT molecular complexity index is 493. The molecule has 0 heterocycles. The molecule has 0 aliphatic carbocycles. The molecule has 0 spiro atoms. The van der Waals surface area contributed by atoms with Crippen LogP contribution in [0.15, 0.2) is 24.3 Å². The van der Waals surface area contributed by atoms with Crippen LogP contribution in [0, 0.1) is 5.82 Å². The van der Waals surface area contributed by atoms with E-state index < -0.39 is 16.0 Å². The Morgan fingerprint density at radius 3 is 2.32 bits per heavy atom. The molecule has 108 valence electrons. The van der Waals surface area contributed by atoms with Crippen LogP contribution in [-0.2, 0) is 10.2 Å². The SMILES string of the molecule is CCN(c1ccc(F)cc1)S(=O)(=O)N(C)CCCCl. The third-order valence-electron chi connectivity index (χ3n) is 2.68. The molecule has 1 rings (SSSR count). The molecule has 0 aromatic heterocycles. The lowest BCUT2D eigenvalue weighted by molar-refractivity contribution is 0.466. The van der Waals surface area contributed by atoms with Crippen molar-refractivity contribution >= 4 is 27.5 Å². The van der Waals surface area contributed by atoms with E-state index in [1.165, 1.54) is 39.9 Å². The Morgan fingerprint density at radius 2 is 1.84 bits per heavy atom. The zero-order valence-electron chi connectivity index (χ0n) is 11.0. The summed E-state index contributed by atoms with van der Waals surface area (Å²) in [4.78, 5) is 0. The van der Waals surface area contributed by atoms with E-state index in [4.69, 9.17) is 11.6 Å². The van der Waals surface area contributed by atoms with E-state index in [0.717, 1.165) is 0 Å². The molecular formula is C12H18ClFN2O2S. The van der Waals surface area contributed by atoms with E-state index in [2.05, 4.69) is 0 Å². The van der Waals surface area contributed by atoms with Gasteiger partial charge in [0.15, 0.2) is 0 Å². The first kappa shape index (κ1) is 16.2. The fourth-order valence-corrected chi connectivity index (χ4v) is 3.18. The van der Waals surface area contributed by atoms with Crippen LogP contribution in [0.5, 0.6) is 0 Å². The molecular weight excluding hydrogens is 291 g/mol. The van der Waals surface area contributed by atoms with Crippen molar-refractivity contribution in [3.8, 4) is 0 Å². The molecule has 0 atom stereocenters. The predicted octanol–water partition coefficient (Wildman–Crippen LogP) is 2.46. The van der Waals surface area contributed by atoms with Crippen molar-refractivity contribution in [2.75, 3.05) is 30.3 Å². The standard InChI is InChI=1S/C12H18ClFN2O2S/c1-3-16(12-7-5-11(14)6-8-12)19(17,18)15(2)10-4-9-13/h5-8H,3-4,9-10H2,1-2H3. The maximum atomic E-state index is 12.9. The highest BCUT2D eigenvalue weighted by Crippen LogP contribution is 2.20. The van der Waals surface area contributed by atoms with E-state index in [-0.39, 0.29) is 6.54 Å². The highest BCUT2D eigenvalue weighted by molar-refractivity contribution is 7.90. The van der Waals surface area contributed by atoms with Crippen molar-refractivity contribution in [1.29, 1.82) is 0 Å². The summed E-state index contributed by atoms with van der Waals surface area (Å²) >= 11 is 5.57. The molecule has 7 heteroatoms. The summed E-state index contributed by atoms with van der Waals surface area (Å²) in [6, 6.07) is 5.39. The van der Waals surface area contributed by atoms with Crippen LogP contribution in [0.2, 0.25) is 0 Å². The molecule has 0 bridgehead atoms. The quantitative estimate of drug-likeness (QED) is 0.726. The second-order valence-electron chi connectivity index (χ2n) is 4.01. The minimum Gasteiger partial charge on any atom is -0.258 e. The molecule has 0 radical (unpaired) electrons. The lowest BCUT2D eigenvalue weighted by atomic mass is 10.3. The Kier molecular flexibility index (Phi) is 6.03. The van der Waals surface area contributed by atoms with Crippen molar-refractivity contribution in [2.45, 2.75) is 13.3 Å². The lowest BCUT2D eigenvalue weighted by Gasteiger charge is -2.28. The summed E-state index contributed by atoms with van der Waals surface area (Å²) in [7, 11) is -2.10. The van der Waals surface area contributed by atoms with Gasteiger partial charge in [0.25, 0.3) is 0 Å². The van der Waals surface area contributed by atoms with Crippen molar-refractivity contribution in [1.82, 2.24) is 4.31 Å². The second kappa shape index (κ2) is 7.07. The zero-order valence-corrected chi connectivity index (χ0v) is 12.6. The van der Waals surface area contributed by atoms with E-state index in [0.29, 0.717) is 24.5 Å². The number of halogens is 2. The summed E-state index contributed by atoms with van der Waals surface area (Å²) in [6.45, 7) is 2.36. The van der Waals surface area contributed by atoms with Gasteiger partial charge in [-0.25, -0.2) is 4.39 Å². The molecule has 0 aliphatic rings. The molecule has 4 nitrogen and oxygen atoms in total. The van der Waals surface area contributed by atoms with Gasteiger partial charge in [0, 0.05) is 26.0 Å². The monoisotopic (exact) mass is 308 g/mol. The third kappa shape index (κ3) is 4.06. The molecule has 19 heavy (non-hydrogen) atoms. The van der Waals surface area contributed by atoms with E-state index in [1.807, 2.05) is 0 Å². The molecule has 0 amide bonds. The molecule has 0 fully saturated rings. The number of alkyl halides is 1. The van der Waals surface area contributed by atoms with Gasteiger partial charge in [0.1, 0.15) is 5.82 Å². The predicted molar refractivity (Wildman–Crippen MR) is 76.3 cm³/mol. The van der Waals surface area contributed by atoms with Gasteiger partial charge in [-0.1, -0.05) is 0 Å². The molecule has 0 aliphatic heterocycles. The summed E-state index contributed by atoms with van der Waals surface area (Å²) in [5.74, 6) is 0.00964. The van der Waals surface area contributed by atoms with Crippen molar-refractivity contribution in [2.24, 2.45) is 0 Å². The smallest absolute Gasteiger partial charge is 0.258 e. The summed E-state index contributed by atoms with van der Waals surface area (Å²) < 4.78 is 40.1. The van der Waals surface area contributed by atoms with Gasteiger partial charge >= 0.3 is 10.2 Å². The van der Waals surface area contributed by atoms with Crippen LogP contribution in [0.25, 0.3) is 0 Å². The van der Waals surface area contributed by atoms with Gasteiger partial charge in [-0.2, -0.15) is 12.7 Å². The fourth-order valence-electron chi connectivity index (χ4n) is 1.65. The highest BCUT2D eigenvalue weighted by Gasteiger charge is 2.25. The number of rotatable bonds is 7. The summed E-state index contributed by atoms with van der Waals surface area (Å²) in [5.41, 5.74) is 0.446. The summed E-state index contributed by atoms with van der Waals surface area (Å²) in [5, 5.41) is 0. The zero-order chi connectivity index (χ0) is 14.5. The maximum Gasteiger partial charge on any atom is 0.303 e. The van der Waals surface area contributed by atoms with Gasteiger partial charge in [0.05, 0.1) is 5.69 Å².